The predicted molar refractivity (Wildman–Crippen MR) is 102 cm³/mol. The van der Waals surface area contributed by atoms with Gasteiger partial charge < -0.3 is 19.1 Å². The van der Waals surface area contributed by atoms with E-state index in [9.17, 15) is 4.79 Å². The molecule has 0 spiro atoms. The molecule has 1 heterocycles. The van der Waals surface area contributed by atoms with Gasteiger partial charge in [-0.3, -0.25) is 4.79 Å². The number of carbonyl (C=O) groups is 1. The summed E-state index contributed by atoms with van der Waals surface area (Å²) < 4.78 is 17.2. The number of fused-ring (bicyclic) bond motifs is 1. The molecule has 6 heteroatoms. The average Bonchev–Trinajstić information content (AvgIpc) is 2.85. The van der Waals surface area contributed by atoms with Gasteiger partial charge in [0.2, 0.25) is 0 Å². The smallest absolute Gasteiger partial charge is 0.255 e. The molecule has 0 aromatic heterocycles. The highest BCUT2D eigenvalue weighted by Gasteiger charge is 2.50. The molecular formula is C20H22BrNO4. The van der Waals surface area contributed by atoms with Crippen LogP contribution in [0.3, 0.4) is 0 Å². The molecule has 0 saturated carbocycles. The number of ether oxygens (including phenoxy) is 3. The van der Waals surface area contributed by atoms with Crippen molar-refractivity contribution < 1.29 is 19.0 Å². The first-order valence-corrected chi connectivity index (χ1v) is 9.08. The van der Waals surface area contributed by atoms with Crippen LogP contribution >= 0.6 is 15.9 Å². The van der Waals surface area contributed by atoms with Crippen molar-refractivity contribution in [3.63, 3.8) is 0 Å². The van der Waals surface area contributed by atoms with Crippen LogP contribution in [0.25, 0.3) is 0 Å². The minimum Gasteiger partial charge on any atom is -0.497 e. The number of halogens is 1. The lowest BCUT2D eigenvalue weighted by Gasteiger charge is -2.38. The fourth-order valence-corrected chi connectivity index (χ4v) is 3.90. The van der Waals surface area contributed by atoms with Crippen LogP contribution < -0.4 is 4.74 Å². The van der Waals surface area contributed by atoms with Crippen molar-refractivity contribution in [3.8, 4) is 5.75 Å². The Balaban J connectivity index is 2.04. The third-order valence-corrected chi connectivity index (χ3v) is 5.23. The maximum absolute atomic E-state index is 13.2. The summed E-state index contributed by atoms with van der Waals surface area (Å²) in [6.45, 7) is 1.17. The quantitative estimate of drug-likeness (QED) is 0.687. The first-order valence-electron chi connectivity index (χ1n) is 8.28. The fourth-order valence-electron chi connectivity index (χ4n) is 3.54. The minimum absolute atomic E-state index is 0.0163. The second-order valence-electron chi connectivity index (χ2n) is 6.33. The van der Waals surface area contributed by atoms with Gasteiger partial charge in [-0.1, -0.05) is 28.1 Å². The Morgan fingerprint density at radius 3 is 2.23 bits per heavy atom. The zero-order valence-corrected chi connectivity index (χ0v) is 16.7. The molecule has 26 heavy (non-hydrogen) atoms. The van der Waals surface area contributed by atoms with Crippen molar-refractivity contribution in [2.24, 2.45) is 0 Å². The van der Waals surface area contributed by atoms with E-state index < -0.39 is 5.54 Å². The average molecular weight is 420 g/mol. The lowest BCUT2D eigenvalue weighted by atomic mass is 9.90. The summed E-state index contributed by atoms with van der Waals surface area (Å²) in [5.41, 5.74) is 1.96. The number of hydrogen-bond donors (Lipinski definition) is 0. The molecule has 2 aromatic rings. The molecule has 1 amide bonds. The number of amides is 1. The summed E-state index contributed by atoms with van der Waals surface area (Å²) >= 11 is 3.52. The summed E-state index contributed by atoms with van der Waals surface area (Å²) in [7, 11) is 4.92. The molecule has 0 radical (unpaired) electrons. The Kier molecular flexibility index (Phi) is 5.65. The molecular weight excluding hydrogens is 398 g/mol. The molecule has 0 atom stereocenters. The number of methoxy groups -OCH3 is 3. The van der Waals surface area contributed by atoms with E-state index in [0.29, 0.717) is 25.3 Å². The summed E-state index contributed by atoms with van der Waals surface area (Å²) in [6.07, 6.45) is 0. The Morgan fingerprint density at radius 1 is 1.00 bits per heavy atom. The van der Waals surface area contributed by atoms with E-state index in [1.807, 2.05) is 47.4 Å². The molecule has 0 fully saturated rings. The lowest BCUT2D eigenvalue weighted by molar-refractivity contribution is -0.0268. The minimum atomic E-state index is -0.667. The van der Waals surface area contributed by atoms with Gasteiger partial charge in [-0.05, 0) is 41.5 Å². The van der Waals surface area contributed by atoms with Gasteiger partial charge in [0.15, 0.2) is 0 Å². The van der Waals surface area contributed by atoms with Gasteiger partial charge in [-0.15, -0.1) is 0 Å². The standard InChI is InChI=1S/C20H22BrNO4/c1-24-12-20(13-25-2)18-10-15(21)6-9-17(18)19(23)22(20)11-14-4-7-16(26-3)8-5-14/h4-10H,11-13H2,1-3H3. The van der Waals surface area contributed by atoms with Crippen LogP contribution in [0, 0.1) is 0 Å². The van der Waals surface area contributed by atoms with Crippen LogP contribution in [-0.4, -0.2) is 45.4 Å². The Bertz CT molecular complexity index is 785. The van der Waals surface area contributed by atoms with E-state index in [1.165, 1.54) is 0 Å². The monoisotopic (exact) mass is 419 g/mol. The van der Waals surface area contributed by atoms with E-state index in [1.54, 1.807) is 21.3 Å². The second-order valence-corrected chi connectivity index (χ2v) is 7.24. The van der Waals surface area contributed by atoms with Crippen molar-refractivity contribution in [2.45, 2.75) is 12.1 Å². The summed E-state index contributed by atoms with van der Waals surface area (Å²) in [6, 6.07) is 13.5. The number of hydrogen-bond acceptors (Lipinski definition) is 4. The maximum atomic E-state index is 13.2. The maximum Gasteiger partial charge on any atom is 0.255 e. The van der Waals surface area contributed by atoms with Crippen LogP contribution in [-0.2, 0) is 21.6 Å². The molecule has 138 valence electrons. The van der Waals surface area contributed by atoms with Gasteiger partial charge in [0.05, 0.1) is 20.3 Å². The van der Waals surface area contributed by atoms with Crippen LogP contribution in [0.2, 0.25) is 0 Å². The van der Waals surface area contributed by atoms with Crippen LogP contribution in [0.5, 0.6) is 5.75 Å². The summed E-state index contributed by atoms with van der Waals surface area (Å²) in [5, 5.41) is 0. The van der Waals surface area contributed by atoms with E-state index >= 15 is 0 Å². The van der Waals surface area contributed by atoms with E-state index in [-0.39, 0.29) is 5.91 Å². The number of benzene rings is 2. The number of carbonyl (C=O) groups excluding carboxylic acids is 1. The highest BCUT2D eigenvalue weighted by Crippen LogP contribution is 2.42. The van der Waals surface area contributed by atoms with Crippen molar-refractivity contribution in [1.82, 2.24) is 4.90 Å². The molecule has 1 aliphatic rings. The predicted octanol–water partition coefficient (Wildman–Crippen LogP) is 3.60. The highest BCUT2D eigenvalue weighted by atomic mass is 79.9. The van der Waals surface area contributed by atoms with Gasteiger partial charge in [0.25, 0.3) is 5.91 Å². The van der Waals surface area contributed by atoms with Crippen molar-refractivity contribution in [3.05, 3.63) is 63.6 Å². The van der Waals surface area contributed by atoms with E-state index in [0.717, 1.165) is 21.3 Å². The number of nitrogens with zero attached hydrogens (tertiary/aromatic N) is 1. The van der Waals surface area contributed by atoms with Gasteiger partial charge in [-0.2, -0.15) is 0 Å². The summed E-state index contributed by atoms with van der Waals surface area (Å²) in [5.74, 6) is 0.770. The molecule has 5 nitrogen and oxygen atoms in total. The van der Waals surface area contributed by atoms with Crippen molar-refractivity contribution in [2.75, 3.05) is 34.5 Å². The van der Waals surface area contributed by atoms with Crippen LogP contribution in [0.15, 0.2) is 46.9 Å². The van der Waals surface area contributed by atoms with Crippen LogP contribution in [0.4, 0.5) is 0 Å². The van der Waals surface area contributed by atoms with E-state index in [4.69, 9.17) is 14.2 Å². The Morgan fingerprint density at radius 2 is 1.65 bits per heavy atom. The second kappa shape index (κ2) is 7.78. The third kappa shape index (κ3) is 3.24. The molecule has 0 N–H and O–H groups in total. The first-order chi connectivity index (χ1) is 12.6. The van der Waals surface area contributed by atoms with Gasteiger partial charge in [0, 0.05) is 30.8 Å². The van der Waals surface area contributed by atoms with Gasteiger partial charge in [0.1, 0.15) is 11.3 Å². The molecule has 0 unspecified atom stereocenters. The molecule has 0 bridgehead atoms. The van der Waals surface area contributed by atoms with Gasteiger partial charge in [-0.25, -0.2) is 0 Å². The molecule has 1 aliphatic heterocycles. The third-order valence-electron chi connectivity index (χ3n) is 4.74. The normalized spacial score (nSPS) is 15.2. The van der Waals surface area contributed by atoms with Crippen LogP contribution in [0.1, 0.15) is 21.5 Å². The zero-order chi connectivity index (χ0) is 18.7. The molecule has 0 aliphatic carbocycles. The SMILES string of the molecule is COCC1(COC)c2cc(Br)ccc2C(=O)N1Cc1ccc(OC)cc1. The number of rotatable bonds is 7. The first kappa shape index (κ1) is 18.9. The molecule has 2 aromatic carbocycles. The zero-order valence-electron chi connectivity index (χ0n) is 15.1. The largest absolute Gasteiger partial charge is 0.497 e. The van der Waals surface area contributed by atoms with Gasteiger partial charge >= 0.3 is 0 Å². The Hall–Kier alpha value is -1.89. The Labute approximate surface area is 162 Å². The van der Waals surface area contributed by atoms with Crippen molar-refractivity contribution >= 4 is 21.8 Å². The molecule has 3 rings (SSSR count). The highest BCUT2D eigenvalue weighted by molar-refractivity contribution is 9.10. The topological polar surface area (TPSA) is 48.0 Å². The van der Waals surface area contributed by atoms with Crippen molar-refractivity contribution in [1.29, 1.82) is 0 Å². The summed E-state index contributed by atoms with van der Waals surface area (Å²) in [4.78, 5) is 15.0. The molecule has 0 saturated heterocycles. The fraction of sp³-hybridized carbons (Fsp3) is 0.350. The lowest BCUT2D eigenvalue weighted by Crippen LogP contribution is -2.49. The van der Waals surface area contributed by atoms with E-state index in [2.05, 4.69) is 15.9 Å².